The van der Waals surface area contributed by atoms with Crippen molar-refractivity contribution in [1.82, 2.24) is 10.1 Å². The summed E-state index contributed by atoms with van der Waals surface area (Å²) in [6.07, 6.45) is 0.858. The molecule has 0 aliphatic heterocycles. The molecule has 1 aromatic heterocycles. The largest absolute Gasteiger partial charge is 0.416 e. The molecule has 0 spiro atoms. The van der Waals surface area contributed by atoms with Crippen LogP contribution in [0.4, 0.5) is 13.2 Å². The predicted molar refractivity (Wildman–Crippen MR) is 77.5 cm³/mol. The highest BCUT2D eigenvalue weighted by molar-refractivity contribution is 5.26. The van der Waals surface area contributed by atoms with E-state index < -0.39 is 17.3 Å². The second-order valence-corrected chi connectivity index (χ2v) is 6.10. The van der Waals surface area contributed by atoms with Gasteiger partial charge in [0.1, 0.15) is 0 Å². The molecular weight excluding hydrogens is 307 g/mol. The summed E-state index contributed by atoms with van der Waals surface area (Å²) in [5.74, 6) is 0.870. The van der Waals surface area contributed by atoms with E-state index >= 15 is 0 Å². The van der Waals surface area contributed by atoms with Crippen LogP contribution in [-0.4, -0.2) is 10.1 Å². The Bertz CT molecular complexity index is 658. The fraction of sp³-hybridized carbons (Fsp3) is 0.500. The summed E-state index contributed by atoms with van der Waals surface area (Å²) in [5, 5.41) is 3.97. The monoisotopic (exact) mass is 325 g/mol. The summed E-state index contributed by atoms with van der Waals surface area (Å²) in [7, 11) is 0. The molecule has 3 rings (SSSR count). The highest BCUT2D eigenvalue weighted by Gasteiger charge is 2.34. The van der Waals surface area contributed by atoms with Crippen LogP contribution in [0.2, 0.25) is 0 Å². The Labute approximate surface area is 131 Å². The van der Waals surface area contributed by atoms with Crippen LogP contribution >= 0.6 is 0 Å². The van der Waals surface area contributed by atoms with Gasteiger partial charge in [0.05, 0.1) is 17.5 Å². The average molecular weight is 325 g/mol. The molecule has 23 heavy (non-hydrogen) atoms. The van der Waals surface area contributed by atoms with Crippen LogP contribution in [0.1, 0.15) is 54.9 Å². The molecule has 0 amide bonds. The second kappa shape index (κ2) is 5.96. The summed E-state index contributed by atoms with van der Waals surface area (Å²) in [6, 6.07) is 4.95. The Morgan fingerprint density at radius 2 is 1.74 bits per heavy atom. The van der Waals surface area contributed by atoms with E-state index in [1.54, 1.807) is 0 Å². The van der Waals surface area contributed by atoms with Gasteiger partial charge in [0.15, 0.2) is 5.82 Å². The predicted octanol–water partition coefficient (Wildman–Crippen LogP) is 3.80. The molecule has 1 aromatic carbocycles. The lowest BCUT2D eigenvalue weighted by Gasteiger charge is -2.29. The van der Waals surface area contributed by atoms with Gasteiger partial charge in [0, 0.05) is 0 Å². The van der Waals surface area contributed by atoms with Gasteiger partial charge in [-0.2, -0.15) is 18.2 Å². The molecule has 124 valence electrons. The fourth-order valence-corrected chi connectivity index (χ4v) is 2.92. The molecule has 0 unspecified atom stereocenters. The number of nitrogens with two attached hydrogens (primary N) is 1. The maximum atomic E-state index is 12.5. The van der Waals surface area contributed by atoms with E-state index in [-0.39, 0.29) is 0 Å². The lowest BCUT2D eigenvalue weighted by Crippen LogP contribution is -2.39. The van der Waals surface area contributed by atoms with Gasteiger partial charge in [-0.15, -0.1) is 0 Å². The first-order valence-electron chi connectivity index (χ1n) is 7.65. The minimum absolute atomic E-state index is 0.293. The first kappa shape index (κ1) is 16.0. The van der Waals surface area contributed by atoms with Crippen molar-refractivity contribution in [1.29, 1.82) is 0 Å². The number of hydrogen-bond donors (Lipinski definition) is 1. The van der Waals surface area contributed by atoms with E-state index in [4.69, 9.17) is 10.3 Å². The van der Waals surface area contributed by atoms with Crippen molar-refractivity contribution in [3.63, 3.8) is 0 Å². The van der Waals surface area contributed by atoms with Gasteiger partial charge in [-0.25, -0.2) is 0 Å². The quantitative estimate of drug-likeness (QED) is 0.932. The van der Waals surface area contributed by atoms with Crippen LogP contribution in [0.25, 0.3) is 0 Å². The van der Waals surface area contributed by atoms with Gasteiger partial charge >= 0.3 is 6.18 Å². The van der Waals surface area contributed by atoms with Crippen LogP contribution in [-0.2, 0) is 18.1 Å². The van der Waals surface area contributed by atoms with Crippen LogP contribution in [0.15, 0.2) is 28.8 Å². The molecule has 1 aliphatic rings. The normalized spacial score (nSPS) is 18.1. The van der Waals surface area contributed by atoms with E-state index in [0.29, 0.717) is 23.7 Å². The third-order valence-corrected chi connectivity index (χ3v) is 4.30. The molecule has 0 radical (unpaired) electrons. The minimum atomic E-state index is -4.33. The number of benzene rings is 1. The standard InChI is InChI=1S/C16H18F3N3O/c17-16(18,19)12-6-4-11(5-7-12)10-13-21-14(22-23-13)15(20)8-2-1-3-9-15/h4-7H,1-3,8-10,20H2. The van der Waals surface area contributed by atoms with E-state index in [2.05, 4.69) is 10.1 Å². The molecule has 0 bridgehead atoms. The molecule has 1 heterocycles. The highest BCUT2D eigenvalue weighted by Crippen LogP contribution is 2.33. The number of nitrogens with zero attached hydrogens (tertiary/aromatic N) is 2. The fourth-order valence-electron chi connectivity index (χ4n) is 2.92. The number of aromatic nitrogens is 2. The van der Waals surface area contributed by atoms with E-state index in [0.717, 1.165) is 44.2 Å². The van der Waals surface area contributed by atoms with Crippen LogP contribution in [0.3, 0.4) is 0 Å². The first-order chi connectivity index (χ1) is 10.9. The van der Waals surface area contributed by atoms with Crippen molar-refractivity contribution in [2.45, 2.75) is 50.2 Å². The van der Waals surface area contributed by atoms with Crippen LogP contribution in [0.5, 0.6) is 0 Å². The summed E-state index contributed by atoms with van der Waals surface area (Å²) in [4.78, 5) is 4.35. The zero-order valence-electron chi connectivity index (χ0n) is 12.6. The number of halogens is 3. The number of hydrogen-bond acceptors (Lipinski definition) is 4. The van der Waals surface area contributed by atoms with Crippen LogP contribution in [0, 0.1) is 0 Å². The second-order valence-electron chi connectivity index (χ2n) is 6.10. The third kappa shape index (κ3) is 3.55. The number of alkyl halides is 3. The van der Waals surface area contributed by atoms with Gasteiger partial charge in [-0.05, 0) is 30.5 Å². The molecule has 1 fully saturated rings. The maximum absolute atomic E-state index is 12.5. The molecule has 4 nitrogen and oxygen atoms in total. The topological polar surface area (TPSA) is 64.9 Å². The molecule has 1 aliphatic carbocycles. The zero-order chi connectivity index (χ0) is 16.5. The Kier molecular flexibility index (Phi) is 4.14. The smallest absolute Gasteiger partial charge is 0.339 e. The van der Waals surface area contributed by atoms with Crippen molar-refractivity contribution < 1.29 is 17.7 Å². The van der Waals surface area contributed by atoms with E-state index in [9.17, 15) is 13.2 Å². The van der Waals surface area contributed by atoms with Crippen molar-refractivity contribution >= 4 is 0 Å². The lowest BCUT2D eigenvalue weighted by atomic mass is 9.82. The Morgan fingerprint density at radius 1 is 1.09 bits per heavy atom. The molecule has 0 saturated heterocycles. The van der Waals surface area contributed by atoms with E-state index in [1.807, 2.05) is 0 Å². The van der Waals surface area contributed by atoms with Crippen molar-refractivity contribution in [2.75, 3.05) is 0 Å². The molecule has 1 saturated carbocycles. The molecule has 2 aromatic rings. The van der Waals surface area contributed by atoms with Gasteiger partial charge in [0.25, 0.3) is 0 Å². The van der Waals surface area contributed by atoms with Gasteiger partial charge in [0.2, 0.25) is 5.89 Å². The van der Waals surface area contributed by atoms with Gasteiger partial charge in [-0.3, -0.25) is 0 Å². The van der Waals surface area contributed by atoms with Gasteiger partial charge in [-0.1, -0.05) is 36.6 Å². The Hall–Kier alpha value is -1.89. The summed E-state index contributed by atoms with van der Waals surface area (Å²) in [5.41, 5.74) is 5.82. The summed E-state index contributed by atoms with van der Waals surface area (Å²) in [6.45, 7) is 0. The highest BCUT2D eigenvalue weighted by atomic mass is 19.4. The maximum Gasteiger partial charge on any atom is 0.416 e. The third-order valence-electron chi connectivity index (χ3n) is 4.30. The lowest BCUT2D eigenvalue weighted by molar-refractivity contribution is -0.137. The van der Waals surface area contributed by atoms with Crippen molar-refractivity contribution in [3.05, 3.63) is 47.1 Å². The zero-order valence-corrected chi connectivity index (χ0v) is 12.6. The Balaban J connectivity index is 1.72. The van der Waals surface area contributed by atoms with Crippen LogP contribution < -0.4 is 5.73 Å². The molecule has 2 N–H and O–H groups in total. The SMILES string of the molecule is NC1(c2noc(Cc3ccc(C(F)(F)F)cc3)n2)CCCCC1. The van der Waals surface area contributed by atoms with Crippen molar-refractivity contribution in [3.8, 4) is 0 Å². The summed E-state index contributed by atoms with van der Waals surface area (Å²) < 4.78 is 42.9. The first-order valence-corrected chi connectivity index (χ1v) is 7.65. The summed E-state index contributed by atoms with van der Waals surface area (Å²) >= 11 is 0. The average Bonchev–Trinajstić information content (AvgIpc) is 2.97. The van der Waals surface area contributed by atoms with Crippen molar-refractivity contribution in [2.24, 2.45) is 5.73 Å². The molecule has 7 heteroatoms. The minimum Gasteiger partial charge on any atom is -0.339 e. The molecule has 0 atom stereocenters. The van der Waals surface area contributed by atoms with Gasteiger partial charge < -0.3 is 10.3 Å². The Morgan fingerprint density at radius 3 is 2.35 bits per heavy atom. The van der Waals surface area contributed by atoms with E-state index in [1.165, 1.54) is 12.1 Å². The number of rotatable bonds is 3. The molecular formula is C16H18F3N3O.